The molecular weight excluding hydrogens is 427 g/mol. The molecule has 0 radical (unpaired) electrons. The van der Waals surface area contributed by atoms with Crippen LogP contribution in [0.15, 0.2) is 54.6 Å². The minimum Gasteiger partial charge on any atom is -0.324 e. The van der Waals surface area contributed by atoms with Gasteiger partial charge in [-0.2, -0.15) is 13.2 Å². The molecule has 0 aliphatic heterocycles. The summed E-state index contributed by atoms with van der Waals surface area (Å²) in [5.74, 6) is -0.526. The standard InChI is InChI=1S/C23H23ClF3N3O/c1-3-15(2)30(13-17-12-16-8-4-6-10-19(16)29-22(17)24)14-21(31)28-20-11-7-5-9-18(20)23(25,26)27/h4-12,15H,3,13-14H2,1-2H3,(H,28,31). The van der Waals surface area contributed by atoms with Gasteiger partial charge in [0.2, 0.25) is 5.91 Å². The van der Waals surface area contributed by atoms with Crippen molar-refractivity contribution in [3.63, 3.8) is 0 Å². The number of amides is 1. The van der Waals surface area contributed by atoms with E-state index in [2.05, 4.69) is 10.3 Å². The summed E-state index contributed by atoms with van der Waals surface area (Å²) in [4.78, 5) is 18.9. The molecule has 0 saturated heterocycles. The molecule has 3 aromatic rings. The Bertz CT molecular complexity index is 1070. The van der Waals surface area contributed by atoms with Crippen molar-refractivity contribution in [2.24, 2.45) is 0 Å². The number of halogens is 4. The van der Waals surface area contributed by atoms with E-state index in [1.165, 1.54) is 18.2 Å². The lowest BCUT2D eigenvalue weighted by atomic mass is 10.1. The number of benzene rings is 2. The highest BCUT2D eigenvalue weighted by Crippen LogP contribution is 2.34. The fourth-order valence-electron chi connectivity index (χ4n) is 3.31. The van der Waals surface area contributed by atoms with E-state index in [0.717, 1.165) is 29.0 Å². The Labute approximate surface area is 184 Å². The second kappa shape index (κ2) is 9.66. The molecule has 3 rings (SSSR count). The van der Waals surface area contributed by atoms with Crippen molar-refractivity contribution in [3.8, 4) is 0 Å². The van der Waals surface area contributed by atoms with Crippen molar-refractivity contribution in [3.05, 3.63) is 70.9 Å². The molecule has 31 heavy (non-hydrogen) atoms. The highest BCUT2D eigenvalue weighted by atomic mass is 35.5. The smallest absolute Gasteiger partial charge is 0.324 e. The Kier molecular flexibility index (Phi) is 7.18. The molecule has 0 spiro atoms. The molecule has 1 heterocycles. The first-order chi connectivity index (χ1) is 14.7. The first-order valence-corrected chi connectivity index (χ1v) is 10.3. The van der Waals surface area contributed by atoms with Crippen LogP contribution in [0.2, 0.25) is 5.15 Å². The van der Waals surface area contributed by atoms with E-state index in [9.17, 15) is 18.0 Å². The Morgan fingerprint density at radius 2 is 1.84 bits per heavy atom. The lowest BCUT2D eigenvalue weighted by molar-refractivity contribution is -0.137. The van der Waals surface area contributed by atoms with Gasteiger partial charge in [0.25, 0.3) is 0 Å². The Hall–Kier alpha value is -2.64. The van der Waals surface area contributed by atoms with Gasteiger partial charge in [0.15, 0.2) is 0 Å². The van der Waals surface area contributed by atoms with E-state index in [4.69, 9.17) is 11.6 Å². The van der Waals surface area contributed by atoms with Gasteiger partial charge in [-0.25, -0.2) is 4.98 Å². The zero-order chi connectivity index (χ0) is 22.6. The number of fused-ring (bicyclic) bond motifs is 1. The SMILES string of the molecule is CCC(C)N(CC(=O)Nc1ccccc1C(F)(F)F)Cc1cc2ccccc2nc1Cl. The minimum absolute atomic E-state index is 0.00569. The number of anilines is 1. The number of hydrogen-bond acceptors (Lipinski definition) is 3. The Balaban J connectivity index is 1.80. The summed E-state index contributed by atoms with van der Waals surface area (Å²) in [6, 6.07) is 14.4. The molecule has 0 aliphatic carbocycles. The molecule has 0 aliphatic rings. The van der Waals surface area contributed by atoms with Crippen LogP contribution in [0.3, 0.4) is 0 Å². The molecule has 1 atom stereocenters. The number of pyridine rings is 1. The van der Waals surface area contributed by atoms with Crippen LogP contribution < -0.4 is 5.32 Å². The number of hydrogen-bond donors (Lipinski definition) is 1. The number of alkyl halides is 3. The van der Waals surface area contributed by atoms with Gasteiger partial charge in [-0.15, -0.1) is 0 Å². The van der Waals surface area contributed by atoms with Crippen molar-refractivity contribution in [2.75, 3.05) is 11.9 Å². The third-order valence-electron chi connectivity index (χ3n) is 5.19. The van der Waals surface area contributed by atoms with Crippen LogP contribution in [0.4, 0.5) is 18.9 Å². The van der Waals surface area contributed by atoms with E-state index in [1.54, 1.807) is 0 Å². The van der Waals surface area contributed by atoms with E-state index in [-0.39, 0.29) is 18.3 Å². The van der Waals surface area contributed by atoms with Crippen LogP contribution >= 0.6 is 11.6 Å². The Morgan fingerprint density at radius 3 is 2.55 bits per heavy atom. The average molecular weight is 450 g/mol. The molecule has 0 saturated carbocycles. The lowest BCUT2D eigenvalue weighted by Crippen LogP contribution is -2.39. The number of nitrogens with one attached hydrogen (secondary N) is 1. The summed E-state index contributed by atoms with van der Waals surface area (Å²) in [5.41, 5.74) is 0.395. The van der Waals surface area contributed by atoms with Crippen LogP contribution in [0.1, 0.15) is 31.4 Å². The van der Waals surface area contributed by atoms with Crippen molar-refractivity contribution < 1.29 is 18.0 Å². The van der Waals surface area contributed by atoms with Crippen molar-refractivity contribution in [1.82, 2.24) is 9.88 Å². The molecule has 1 aromatic heterocycles. The molecule has 0 fully saturated rings. The summed E-state index contributed by atoms with van der Waals surface area (Å²) in [7, 11) is 0. The second-order valence-electron chi connectivity index (χ2n) is 7.38. The fourth-order valence-corrected chi connectivity index (χ4v) is 3.51. The molecule has 1 unspecified atom stereocenters. The van der Waals surface area contributed by atoms with E-state index >= 15 is 0 Å². The van der Waals surface area contributed by atoms with Crippen LogP contribution in [0.25, 0.3) is 10.9 Å². The van der Waals surface area contributed by atoms with E-state index in [0.29, 0.717) is 11.7 Å². The number of carbonyl (C=O) groups is 1. The zero-order valence-electron chi connectivity index (χ0n) is 17.2. The van der Waals surface area contributed by atoms with Gasteiger partial charge in [0, 0.05) is 23.5 Å². The molecular formula is C23H23ClF3N3O. The normalized spacial score (nSPS) is 12.9. The van der Waals surface area contributed by atoms with E-state index in [1.807, 2.05) is 49.1 Å². The maximum Gasteiger partial charge on any atom is 0.418 e. The highest BCUT2D eigenvalue weighted by molar-refractivity contribution is 6.30. The number of carbonyl (C=O) groups excluding carboxylic acids is 1. The van der Waals surface area contributed by atoms with Gasteiger partial charge in [-0.3, -0.25) is 9.69 Å². The van der Waals surface area contributed by atoms with Gasteiger partial charge in [0.05, 0.1) is 23.3 Å². The first-order valence-electron chi connectivity index (χ1n) is 9.93. The second-order valence-corrected chi connectivity index (χ2v) is 7.74. The van der Waals surface area contributed by atoms with E-state index < -0.39 is 17.6 Å². The number of nitrogens with zero attached hydrogens (tertiary/aromatic N) is 2. The highest BCUT2D eigenvalue weighted by Gasteiger charge is 2.33. The van der Waals surface area contributed by atoms with Crippen LogP contribution in [-0.2, 0) is 17.5 Å². The summed E-state index contributed by atoms with van der Waals surface area (Å²) in [6.07, 6.45) is -3.80. The largest absolute Gasteiger partial charge is 0.418 e. The molecule has 1 N–H and O–H groups in total. The zero-order valence-corrected chi connectivity index (χ0v) is 18.0. The van der Waals surface area contributed by atoms with Gasteiger partial charge in [-0.1, -0.05) is 48.9 Å². The molecule has 2 aromatic carbocycles. The lowest BCUT2D eigenvalue weighted by Gasteiger charge is -2.28. The summed E-state index contributed by atoms with van der Waals surface area (Å²) >= 11 is 6.37. The predicted molar refractivity (Wildman–Crippen MR) is 117 cm³/mol. The predicted octanol–water partition coefficient (Wildman–Crippen LogP) is 6.15. The maximum atomic E-state index is 13.2. The number of rotatable bonds is 7. The maximum absolute atomic E-state index is 13.2. The number of aromatic nitrogens is 1. The van der Waals surface area contributed by atoms with Crippen LogP contribution in [-0.4, -0.2) is 28.4 Å². The molecule has 0 bridgehead atoms. The van der Waals surface area contributed by atoms with Crippen molar-refractivity contribution >= 4 is 34.1 Å². The molecule has 4 nitrogen and oxygen atoms in total. The van der Waals surface area contributed by atoms with Gasteiger partial charge >= 0.3 is 6.18 Å². The fraction of sp³-hybridized carbons (Fsp3) is 0.304. The van der Waals surface area contributed by atoms with Crippen molar-refractivity contribution in [1.29, 1.82) is 0 Å². The topological polar surface area (TPSA) is 45.2 Å². The van der Waals surface area contributed by atoms with Gasteiger partial charge in [0.1, 0.15) is 5.15 Å². The molecule has 164 valence electrons. The summed E-state index contributed by atoms with van der Waals surface area (Å²) in [5, 5.41) is 3.68. The Morgan fingerprint density at radius 1 is 1.16 bits per heavy atom. The van der Waals surface area contributed by atoms with Gasteiger partial charge < -0.3 is 5.32 Å². The first kappa shape index (κ1) is 23.0. The number of para-hydroxylation sites is 2. The third-order valence-corrected chi connectivity index (χ3v) is 5.52. The van der Waals surface area contributed by atoms with Crippen LogP contribution in [0.5, 0.6) is 0 Å². The quantitative estimate of drug-likeness (QED) is 0.440. The third kappa shape index (κ3) is 5.74. The van der Waals surface area contributed by atoms with Crippen molar-refractivity contribution in [2.45, 2.75) is 39.0 Å². The van der Waals surface area contributed by atoms with Gasteiger partial charge in [-0.05, 0) is 37.6 Å². The summed E-state index contributed by atoms with van der Waals surface area (Å²) in [6.45, 7) is 4.21. The average Bonchev–Trinajstić information content (AvgIpc) is 2.72. The minimum atomic E-state index is -4.55. The molecule has 8 heteroatoms. The molecule has 1 amide bonds. The monoisotopic (exact) mass is 449 g/mol. The van der Waals surface area contributed by atoms with Crippen LogP contribution in [0, 0.1) is 0 Å². The summed E-state index contributed by atoms with van der Waals surface area (Å²) < 4.78 is 39.7.